The molecule has 0 N–H and O–H groups in total. The number of hydrogen-bond donors (Lipinski definition) is 0. The van der Waals surface area contributed by atoms with E-state index in [-0.39, 0.29) is 0 Å². The molecule has 0 aliphatic rings. The molecule has 2 heteroatoms. The molecule has 2 aromatic heterocycles. The van der Waals surface area contributed by atoms with Gasteiger partial charge in [0.25, 0.3) is 0 Å². The quantitative estimate of drug-likeness (QED) is 0.161. The Morgan fingerprint density at radius 3 is 0.661 bits per heavy atom. The predicted molar refractivity (Wildman–Crippen MR) is 259 cm³/mol. The molecule has 0 bridgehead atoms. The highest BCUT2D eigenvalue weighted by atomic mass is 16.3. The van der Waals surface area contributed by atoms with Crippen molar-refractivity contribution in [1.82, 2.24) is 0 Å². The third-order valence-corrected chi connectivity index (χ3v) is 12.4. The molecule has 0 saturated heterocycles. The van der Waals surface area contributed by atoms with Crippen molar-refractivity contribution in [1.29, 1.82) is 0 Å². The zero-order valence-corrected chi connectivity index (χ0v) is 33.8. The van der Waals surface area contributed by atoms with E-state index in [4.69, 9.17) is 8.83 Å². The summed E-state index contributed by atoms with van der Waals surface area (Å²) >= 11 is 0. The first-order valence-corrected chi connectivity index (χ1v) is 21.2. The summed E-state index contributed by atoms with van der Waals surface area (Å²) in [7, 11) is 0. The fraction of sp³-hybridized carbons (Fsp3) is 0. The Bertz CT molecular complexity index is 3380. The van der Waals surface area contributed by atoms with Crippen molar-refractivity contribution in [3.8, 4) is 77.9 Å². The molecule has 62 heavy (non-hydrogen) atoms. The van der Waals surface area contributed by atoms with Gasteiger partial charge in [0.2, 0.25) is 0 Å². The van der Waals surface area contributed by atoms with Gasteiger partial charge in [-0.15, -0.1) is 0 Å². The predicted octanol–water partition coefficient (Wildman–Crippen LogP) is 17.2. The summed E-state index contributed by atoms with van der Waals surface area (Å²) in [6.45, 7) is 0. The van der Waals surface area contributed by atoms with Gasteiger partial charge in [0, 0.05) is 43.8 Å². The van der Waals surface area contributed by atoms with E-state index >= 15 is 0 Å². The van der Waals surface area contributed by atoms with Crippen LogP contribution in [0.1, 0.15) is 0 Å². The van der Waals surface area contributed by atoms with E-state index in [0.717, 1.165) is 99.5 Å². The number of hydrogen-bond acceptors (Lipinski definition) is 2. The first kappa shape index (κ1) is 35.7. The molecule has 0 unspecified atom stereocenters. The topological polar surface area (TPSA) is 26.3 Å². The molecule has 12 rings (SSSR count). The standard InChI is InChI=1S/C60H38O2/c1-3-19-39(20-4-1)41-23-7-9-25-43(41)49-31-15-35-53-55-37-17-33-51(59(55)61-57(49)53)47-29-13-11-27-45(47)46-28-12-14-30-48(46)52-34-18-38-56-54-36-16-32-50(58(54)62-60(52)56)44-26-10-8-24-42(44)40-21-5-2-6-22-40/h1-38H. The molecular weight excluding hydrogens is 753 g/mol. The minimum Gasteiger partial charge on any atom is -0.455 e. The van der Waals surface area contributed by atoms with Gasteiger partial charge in [0.15, 0.2) is 0 Å². The molecule has 10 aromatic carbocycles. The van der Waals surface area contributed by atoms with Crippen LogP contribution in [-0.2, 0) is 0 Å². The minimum absolute atomic E-state index is 0.875. The van der Waals surface area contributed by atoms with Crippen LogP contribution in [0.3, 0.4) is 0 Å². The third kappa shape index (κ3) is 5.80. The van der Waals surface area contributed by atoms with Gasteiger partial charge in [-0.25, -0.2) is 0 Å². The van der Waals surface area contributed by atoms with E-state index in [1.165, 1.54) is 22.3 Å². The smallest absolute Gasteiger partial charge is 0.143 e. The Kier molecular flexibility index (Phi) is 8.53. The molecule has 0 aliphatic carbocycles. The summed E-state index contributed by atoms with van der Waals surface area (Å²) in [6.07, 6.45) is 0. The Morgan fingerprint density at radius 1 is 0.161 bits per heavy atom. The van der Waals surface area contributed by atoms with E-state index in [9.17, 15) is 0 Å². The minimum atomic E-state index is 0.875. The van der Waals surface area contributed by atoms with Crippen molar-refractivity contribution in [2.45, 2.75) is 0 Å². The Balaban J connectivity index is 1.02. The van der Waals surface area contributed by atoms with Crippen molar-refractivity contribution in [3.63, 3.8) is 0 Å². The van der Waals surface area contributed by atoms with Crippen LogP contribution in [0, 0.1) is 0 Å². The highest BCUT2D eigenvalue weighted by molar-refractivity contribution is 6.16. The Hall–Kier alpha value is -8.20. The lowest BCUT2D eigenvalue weighted by Gasteiger charge is -2.15. The number of benzene rings is 10. The zero-order valence-electron chi connectivity index (χ0n) is 33.8. The van der Waals surface area contributed by atoms with E-state index in [1.807, 2.05) is 0 Å². The first-order valence-electron chi connectivity index (χ1n) is 21.2. The zero-order chi connectivity index (χ0) is 41.0. The number of para-hydroxylation sites is 4. The van der Waals surface area contributed by atoms with E-state index in [0.29, 0.717) is 0 Å². The molecule has 0 saturated carbocycles. The lowest BCUT2D eigenvalue weighted by Crippen LogP contribution is -1.89. The van der Waals surface area contributed by atoms with Crippen molar-refractivity contribution >= 4 is 43.9 Å². The first-order chi connectivity index (χ1) is 30.8. The molecule has 12 aromatic rings. The number of rotatable bonds is 7. The largest absolute Gasteiger partial charge is 0.455 e. The summed E-state index contributed by atoms with van der Waals surface area (Å²) < 4.78 is 14.2. The molecule has 0 amide bonds. The lowest BCUT2D eigenvalue weighted by atomic mass is 9.88. The van der Waals surface area contributed by atoms with Gasteiger partial charge in [-0.3, -0.25) is 0 Å². The van der Waals surface area contributed by atoms with Gasteiger partial charge in [0.05, 0.1) is 0 Å². The van der Waals surface area contributed by atoms with Crippen molar-refractivity contribution < 1.29 is 8.83 Å². The monoisotopic (exact) mass is 790 g/mol. The van der Waals surface area contributed by atoms with Crippen LogP contribution in [0.5, 0.6) is 0 Å². The van der Waals surface area contributed by atoms with Crippen LogP contribution >= 0.6 is 0 Å². The van der Waals surface area contributed by atoms with Crippen molar-refractivity contribution in [2.24, 2.45) is 0 Å². The second kappa shape index (κ2) is 14.8. The second-order valence-corrected chi connectivity index (χ2v) is 15.8. The fourth-order valence-electron chi connectivity index (χ4n) is 9.57. The van der Waals surface area contributed by atoms with Crippen molar-refractivity contribution in [2.75, 3.05) is 0 Å². The van der Waals surface area contributed by atoms with Crippen LogP contribution < -0.4 is 0 Å². The molecule has 2 heterocycles. The van der Waals surface area contributed by atoms with E-state index < -0.39 is 0 Å². The molecule has 290 valence electrons. The van der Waals surface area contributed by atoms with Gasteiger partial charge in [-0.1, -0.05) is 231 Å². The van der Waals surface area contributed by atoms with Crippen LogP contribution in [-0.4, -0.2) is 0 Å². The van der Waals surface area contributed by atoms with Crippen molar-refractivity contribution in [3.05, 3.63) is 231 Å². The molecule has 0 aliphatic heterocycles. The van der Waals surface area contributed by atoms with Gasteiger partial charge in [-0.05, 0) is 55.6 Å². The van der Waals surface area contributed by atoms with E-state index in [1.54, 1.807) is 0 Å². The lowest BCUT2D eigenvalue weighted by molar-refractivity contribution is 0.670. The average molecular weight is 791 g/mol. The third-order valence-electron chi connectivity index (χ3n) is 12.4. The van der Waals surface area contributed by atoms with Gasteiger partial charge >= 0.3 is 0 Å². The average Bonchev–Trinajstić information content (AvgIpc) is 3.94. The molecule has 0 spiro atoms. The summed E-state index contributed by atoms with van der Waals surface area (Å²) in [5.41, 5.74) is 19.2. The number of furan rings is 2. The second-order valence-electron chi connectivity index (χ2n) is 15.8. The van der Waals surface area contributed by atoms with Crippen LogP contribution in [0.25, 0.3) is 122 Å². The van der Waals surface area contributed by atoms with Gasteiger partial charge in [-0.2, -0.15) is 0 Å². The molecule has 0 radical (unpaired) electrons. The molecule has 0 atom stereocenters. The van der Waals surface area contributed by atoms with Crippen LogP contribution in [0.2, 0.25) is 0 Å². The van der Waals surface area contributed by atoms with Crippen LogP contribution in [0.4, 0.5) is 0 Å². The maximum absolute atomic E-state index is 7.08. The Morgan fingerprint density at radius 2 is 0.371 bits per heavy atom. The van der Waals surface area contributed by atoms with Gasteiger partial charge < -0.3 is 8.83 Å². The maximum Gasteiger partial charge on any atom is 0.143 e. The molecule has 0 fully saturated rings. The van der Waals surface area contributed by atoms with Gasteiger partial charge in [0.1, 0.15) is 22.3 Å². The molecule has 2 nitrogen and oxygen atoms in total. The highest BCUT2D eigenvalue weighted by Gasteiger charge is 2.22. The summed E-state index contributed by atoms with van der Waals surface area (Å²) in [6, 6.07) is 81.9. The Labute approximate surface area is 359 Å². The fourth-order valence-corrected chi connectivity index (χ4v) is 9.57. The normalized spacial score (nSPS) is 11.5. The SMILES string of the molecule is c1ccc(-c2ccccc2-c2cccc3c2oc2c(-c4ccccc4-c4ccccc4-c4cccc5c4oc4c(-c6ccccc6-c6ccccc6)cccc45)cccc23)cc1. The van der Waals surface area contributed by atoms with Crippen LogP contribution in [0.15, 0.2) is 239 Å². The maximum atomic E-state index is 7.08. The van der Waals surface area contributed by atoms with E-state index in [2.05, 4.69) is 231 Å². The summed E-state index contributed by atoms with van der Waals surface area (Å²) in [4.78, 5) is 0. The summed E-state index contributed by atoms with van der Waals surface area (Å²) in [5, 5.41) is 4.39. The number of fused-ring (bicyclic) bond motifs is 6. The highest BCUT2D eigenvalue weighted by Crippen LogP contribution is 2.47. The molecular formula is C60H38O2. The summed E-state index contributed by atoms with van der Waals surface area (Å²) in [5.74, 6) is 0.